The average Bonchev–Trinajstić information content (AvgIpc) is 3.30. The van der Waals surface area contributed by atoms with E-state index in [4.69, 9.17) is 16.6 Å². The Morgan fingerprint density at radius 1 is 1.03 bits per heavy atom. The number of carbonyl (C=O) groups is 1. The van der Waals surface area contributed by atoms with Crippen molar-refractivity contribution in [2.45, 2.75) is 32.7 Å². The first kappa shape index (κ1) is 19.8. The molecule has 1 aromatic heterocycles. The predicted octanol–water partition coefficient (Wildman–Crippen LogP) is 5.88. The molecule has 1 atom stereocenters. The fourth-order valence-corrected chi connectivity index (χ4v) is 4.79. The second-order valence-corrected chi connectivity index (χ2v) is 8.74. The van der Waals surface area contributed by atoms with Crippen LogP contribution in [0.15, 0.2) is 66.7 Å². The number of benzene rings is 3. The molecule has 1 fully saturated rings. The van der Waals surface area contributed by atoms with Gasteiger partial charge in [0, 0.05) is 29.6 Å². The molecule has 0 bridgehead atoms. The molecule has 1 aliphatic heterocycles. The van der Waals surface area contributed by atoms with Gasteiger partial charge in [-0.1, -0.05) is 59.6 Å². The van der Waals surface area contributed by atoms with Crippen LogP contribution >= 0.6 is 11.6 Å². The Balaban J connectivity index is 1.54. The number of imidazole rings is 1. The van der Waals surface area contributed by atoms with E-state index in [0.29, 0.717) is 19.5 Å². The maximum Gasteiger partial charge on any atom is 0.227 e. The van der Waals surface area contributed by atoms with Crippen LogP contribution in [0.5, 0.6) is 0 Å². The maximum atomic E-state index is 13.0. The first-order valence-electron chi connectivity index (χ1n) is 10.6. The van der Waals surface area contributed by atoms with Crippen LogP contribution < -0.4 is 4.90 Å². The number of para-hydroxylation sites is 2. The summed E-state index contributed by atoms with van der Waals surface area (Å²) >= 11 is 6.46. The van der Waals surface area contributed by atoms with Gasteiger partial charge in [0.15, 0.2) is 0 Å². The number of amides is 1. The van der Waals surface area contributed by atoms with Gasteiger partial charge in [-0.2, -0.15) is 0 Å². The highest BCUT2D eigenvalue weighted by atomic mass is 35.5. The van der Waals surface area contributed by atoms with E-state index >= 15 is 0 Å². The molecular formula is C26H24ClN3O. The van der Waals surface area contributed by atoms with Crippen LogP contribution in [0.2, 0.25) is 5.02 Å². The molecule has 0 radical (unpaired) electrons. The lowest BCUT2D eigenvalue weighted by atomic mass is 10.1. The number of aryl methyl sites for hydroxylation is 2. The van der Waals surface area contributed by atoms with E-state index in [0.717, 1.165) is 38.7 Å². The van der Waals surface area contributed by atoms with E-state index in [9.17, 15) is 4.79 Å². The van der Waals surface area contributed by atoms with Gasteiger partial charge in [-0.15, -0.1) is 0 Å². The third-order valence-corrected chi connectivity index (χ3v) is 6.47. The summed E-state index contributed by atoms with van der Waals surface area (Å²) in [6, 6.07) is 22.3. The number of hydrogen-bond donors (Lipinski definition) is 0. The molecule has 4 nitrogen and oxygen atoms in total. The minimum Gasteiger partial charge on any atom is -0.323 e. The second-order valence-electron chi connectivity index (χ2n) is 8.33. The highest BCUT2D eigenvalue weighted by molar-refractivity contribution is 6.31. The minimum atomic E-state index is 0.0306. The summed E-state index contributed by atoms with van der Waals surface area (Å²) in [5, 5.41) is 0.741. The van der Waals surface area contributed by atoms with Crippen molar-refractivity contribution in [2.24, 2.45) is 0 Å². The van der Waals surface area contributed by atoms with Gasteiger partial charge in [-0.25, -0.2) is 4.98 Å². The topological polar surface area (TPSA) is 38.1 Å². The van der Waals surface area contributed by atoms with Gasteiger partial charge in [-0.3, -0.25) is 4.79 Å². The summed E-state index contributed by atoms with van der Waals surface area (Å²) in [5.74, 6) is 1.12. The van der Waals surface area contributed by atoms with Gasteiger partial charge in [-0.05, 0) is 49.2 Å². The zero-order valence-corrected chi connectivity index (χ0v) is 18.4. The molecule has 0 saturated carbocycles. The zero-order valence-electron chi connectivity index (χ0n) is 17.7. The Hall–Kier alpha value is -3.11. The summed E-state index contributed by atoms with van der Waals surface area (Å²) in [7, 11) is 0. The van der Waals surface area contributed by atoms with Crippen LogP contribution in [0.4, 0.5) is 5.69 Å². The van der Waals surface area contributed by atoms with Crippen LogP contribution in [0.1, 0.15) is 34.9 Å². The quantitative estimate of drug-likeness (QED) is 0.406. The molecule has 2 heterocycles. The minimum absolute atomic E-state index is 0.0306. The molecule has 5 heteroatoms. The molecule has 1 saturated heterocycles. The first-order chi connectivity index (χ1) is 15.0. The van der Waals surface area contributed by atoms with Crippen molar-refractivity contribution in [3.63, 3.8) is 0 Å². The lowest BCUT2D eigenvalue weighted by Gasteiger charge is -2.20. The number of fused-ring (bicyclic) bond motifs is 1. The number of carbonyl (C=O) groups excluding carboxylic acids is 1. The summed E-state index contributed by atoms with van der Waals surface area (Å²) in [6.07, 6.45) is 0.458. The van der Waals surface area contributed by atoms with E-state index in [1.54, 1.807) is 0 Å². The van der Waals surface area contributed by atoms with Crippen LogP contribution in [-0.2, 0) is 11.3 Å². The summed E-state index contributed by atoms with van der Waals surface area (Å²) < 4.78 is 2.22. The zero-order chi connectivity index (χ0) is 21.5. The average molecular weight is 430 g/mol. The molecule has 0 N–H and O–H groups in total. The number of aromatic nitrogens is 2. The van der Waals surface area contributed by atoms with Gasteiger partial charge in [0.2, 0.25) is 5.91 Å². The number of nitrogens with zero attached hydrogens (tertiary/aromatic N) is 3. The van der Waals surface area contributed by atoms with Crippen molar-refractivity contribution in [1.29, 1.82) is 0 Å². The first-order valence-corrected chi connectivity index (χ1v) is 11.0. The number of anilines is 1. The van der Waals surface area contributed by atoms with E-state index in [1.165, 1.54) is 5.56 Å². The molecule has 4 aromatic rings. The second kappa shape index (κ2) is 7.86. The highest BCUT2D eigenvalue weighted by Gasteiger charge is 2.35. The van der Waals surface area contributed by atoms with Crippen LogP contribution in [0, 0.1) is 13.8 Å². The molecule has 1 amide bonds. The Labute approximate surface area is 187 Å². The highest BCUT2D eigenvalue weighted by Crippen LogP contribution is 2.35. The van der Waals surface area contributed by atoms with Gasteiger partial charge < -0.3 is 9.47 Å². The maximum absolute atomic E-state index is 13.0. The van der Waals surface area contributed by atoms with E-state index in [2.05, 4.69) is 42.7 Å². The molecule has 156 valence electrons. The van der Waals surface area contributed by atoms with Gasteiger partial charge in [0.05, 0.1) is 17.6 Å². The molecule has 0 aliphatic carbocycles. The summed E-state index contributed by atoms with van der Waals surface area (Å²) in [5.41, 5.74) is 6.37. The van der Waals surface area contributed by atoms with Crippen LogP contribution in [0.3, 0.4) is 0 Å². The molecule has 31 heavy (non-hydrogen) atoms. The van der Waals surface area contributed by atoms with Crippen molar-refractivity contribution in [3.05, 3.63) is 94.3 Å². The van der Waals surface area contributed by atoms with Crippen molar-refractivity contribution in [1.82, 2.24) is 9.55 Å². The molecule has 3 aromatic carbocycles. The molecule has 5 rings (SSSR count). The monoisotopic (exact) mass is 429 g/mol. The number of halogens is 1. The smallest absolute Gasteiger partial charge is 0.227 e. The Bertz CT molecular complexity index is 1290. The fourth-order valence-electron chi connectivity index (χ4n) is 4.59. The van der Waals surface area contributed by atoms with E-state index in [1.807, 2.05) is 47.4 Å². The number of hydrogen-bond acceptors (Lipinski definition) is 2. The number of rotatable bonds is 4. The lowest BCUT2D eigenvalue weighted by Crippen LogP contribution is -2.25. The van der Waals surface area contributed by atoms with Crippen molar-refractivity contribution in [2.75, 3.05) is 11.4 Å². The van der Waals surface area contributed by atoms with Crippen molar-refractivity contribution < 1.29 is 4.79 Å². The van der Waals surface area contributed by atoms with Gasteiger partial charge >= 0.3 is 0 Å². The fraction of sp³-hybridized carbons (Fsp3) is 0.231. The van der Waals surface area contributed by atoms with Crippen LogP contribution in [-0.4, -0.2) is 22.0 Å². The lowest BCUT2D eigenvalue weighted by molar-refractivity contribution is -0.117. The Kier molecular flexibility index (Phi) is 5.03. The normalized spacial score (nSPS) is 16.4. The molecular weight excluding hydrogens is 406 g/mol. The Morgan fingerprint density at radius 2 is 1.81 bits per heavy atom. The third-order valence-electron chi connectivity index (χ3n) is 6.10. The largest absolute Gasteiger partial charge is 0.323 e. The van der Waals surface area contributed by atoms with E-state index < -0.39 is 0 Å². The van der Waals surface area contributed by atoms with Crippen LogP contribution in [0.25, 0.3) is 11.0 Å². The summed E-state index contributed by atoms with van der Waals surface area (Å²) in [4.78, 5) is 19.9. The van der Waals surface area contributed by atoms with Crippen molar-refractivity contribution in [3.8, 4) is 0 Å². The van der Waals surface area contributed by atoms with Gasteiger partial charge in [0.25, 0.3) is 0 Å². The summed E-state index contributed by atoms with van der Waals surface area (Å²) in [6.45, 7) is 5.40. The van der Waals surface area contributed by atoms with E-state index in [-0.39, 0.29) is 11.8 Å². The Morgan fingerprint density at radius 3 is 2.61 bits per heavy atom. The molecule has 0 spiro atoms. The third kappa shape index (κ3) is 3.61. The SMILES string of the molecule is Cc1ccc(N2CC(c3nc4ccccc4n3Cc3ccccc3Cl)CC2=O)c(C)c1. The molecule has 1 aliphatic rings. The predicted molar refractivity (Wildman–Crippen MR) is 126 cm³/mol. The van der Waals surface area contributed by atoms with Gasteiger partial charge in [0.1, 0.15) is 5.82 Å². The van der Waals surface area contributed by atoms with Crippen molar-refractivity contribution >= 4 is 34.2 Å². The molecule has 1 unspecified atom stereocenters. The standard InChI is InChI=1S/C26H24ClN3O/c1-17-11-12-23(18(2)13-17)29-16-20(14-25(29)31)26-28-22-9-5-6-10-24(22)30(26)15-19-7-3-4-8-21(19)27/h3-13,20H,14-16H2,1-2H3.